The Morgan fingerprint density at radius 3 is 2.38 bits per heavy atom. The lowest BCUT2D eigenvalue weighted by molar-refractivity contribution is -0.119. The lowest BCUT2D eigenvalue weighted by Gasteiger charge is -2.45. The molecule has 0 spiro atoms. The number of nitrogens with zero attached hydrogens (tertiary/aromatic N) is 2. The quantitative estimate of drug-likeness (QED) is 0.734. The number of benzene rings is 2. The van der Waals surface area contributed by atoms with Gasteiger partial charge >= 0.3 is 6.09 Å². The molecule has 9 heteroatoms. The average molecular weight is 464 g/mol. The summed E-state index contributed by atoms with van der Waals surface area (Å²) in [7, 11) is -1.02. The van der Waals surface area contributed by atoms with Crippen molar-refractivity contribution in [2.75, 3.05) is 53.7 Å². The van der Waals surface area contributed by atoms with Crippen LogP contribution in [0.25, 0.3) is 0 Å². The van der Waals surface area contributed by atoms with Crippen LogP contribution in [0.1, 0.15) is 6.92 Å². The van der Waals surface area contributed by atoms with Crippen molar-refractivity contribution in [1.29, 1.82) is 0 Å². The average Bonchev–Trinajstić information content (AvgIpc) is 3.14. The van der Waals surface area contributed by atoms with Crippen LogP contribution in [0.4, 0.5) is 25.0 Å². The summed E-state index contributed by atoms with van der Waals surface area (Å²) < 4.78 is 35.3. The fraction of sp³-hybridized carbons (Fsp3) is 0.391. The van der Waals surface area contributed by atoms with Gasteiger partial charge in [0.05, 0.1) is 18.8 Å². The molecule has 1 N–H and O–H groups in total. The highest BCUT2D eigenvalue weighted by Gasteiger charge is 2.34. The van der Waals surface area contributed by atoms with Crippen LogP contribution < -0.4 is 15.1 Å². The third-order valence-corrected chi connectivity index (χ3v) is 9.60. The molecule has 2 heterocycles. The van der Waals surface area contributed by atoms with E-state index in [9.17, 15) is 9.59 Å². The molecular weight excluding hydrogens is 436 g/mol. The molecule has 1 unspecified atom stereocenters. The van der Waals surface area contributed by atoms with Crippen molar-refractivity contribution in [3.05, 3.63) is 54.1 Å². The van der Waals surface area contributed by atoms with Crippen LogP contribution in [-0.2, 0) is 9.53 Å². The van der Waals surface area contributed by atoms with Gasteiger partial charge in [-0.15, -0.1) is 0 Å². The molecule has 2 aromatic carbocycles. The van der Waals surface area contributed by atoms with Crippen LogP contribution in [0.5, 0.6) is 0 Å². The van der Waals surface area contributed by atoms with Gasteiger partial charge in [-0.3, -0.25) is 9.69 Å². The van der Waals surface area contributed by atoms with E-state index in [2.05, 4.69) is 23.7 Å². The molecule has 2 fully saturated rings. The van der Waals surface area contributed by atoms with E-state index in [1.54, 1.807) is 4.90 Å². The Bertz CT molecular complexity index is 990. The highest BCUT2D eigenvalue weighted by atomic mass is 32.3. The molecule has 6 nitrogen and oxygen atoms in total. The minimum absolute atomic E-state index is 0.0503. The minimum atomic E-state index is -1.02. The number of hydrogen-bond donors (Lipinski definition) is 1. The number of ether oxygens (including phenoxy) is 1. The third kappa shape index (κ3) is 4.53. The van der Waals surface area contributed by atoms with Crippen molar-refractivity contribution in [3.8, 4) is 0 Å². The van der Waals surface area contributed by atoms with Crippen LogP contribution in [-0.4, -0.2) is 62.0 Å². The zero-order valence-corrected chi connectivity index (χ0v) is 19.0. The summed E-state index contributed by atoms with van der Waals surface area (Å²) in [6.45, 7) is 2.76. The van der Waals surface area contributed by atoms with Crippen molar-refractivity contribution in [2.45, 2.75) is 17.9 Å². The van der Waals surface area contributed by atoms with Gasteiger partial charge in [-0.2, -0.15) is 0 Å². The van der Waals surface area contributed by atoms with Gasteiger partial charge < -0.3 is 15.0 Å². The molecule has 0 radical (unpaired) electrons. The van der Waals surface area contributed by atoms with Crippen molar-refractivity contribution < 1.29 is 23.1 Å². The first-order valence-corrected chi connectivity index (χ1v) is 12.9. The molecule has 0 saturated carbocycles. The smallest absolute Gasteiger partial charge is 0.414 e. The molecule has 4 rings (SSSR count). The van der Waals surface area contributed by atoms with Gasteiger partial charge in [0, 0.05) is 32.1 Å². The Hall–Kier alpha value is -2.81. The van der Waals surface area contributed by atoms with E-state index >= 15 is 8.78 Å². The normalized spacial score (nSPS) is 21.2. The minimum Gasteiger partial charge on any atom is -0.442 e. The van der Waals surface area contributed by atoms with Gasteiger partial charge in [-0.1, -0.05) is 30.3 Å². The van der Waals surface area contributed by atoms with Crippen molar-refractivity contribution in [2.24, 2.45) is 0 Å². The van der Waals surface area contributed by atoms with Gasteiger partial charge in [0.15, 0.2) is 11.6 Å². The molecule has 2 amide bonds. The maximum absolute atomic E-state index is 15.0. The second-order valence-corrected chi connectivity index (χ2v) is 12.1. The standard InChI is InChI=1S/C23H27F2N3O3S/c1-16(29)26-14-18-15-28(23(30)31-18)17-12-20(24)22(21(25)13-17)27-8-10-32(2,11-9-27)19-6-4-3-5-7-19/h3-7,12-13,18H,8-11,14-15H2,1-2H3,(H,26,29). The number of rotatable bonds is 5. The van der Waals surface area contributed by atoms with Crippen LogP contribution >= 0.6 is 10.0 Å². The Morgan fingerprint density at radius 2 is 1.78 bits per heavy atom. The Morgan fingerprint density at radius 1 is 1.16 bits per heavy atom. The lowest BCUT2D eigenvalue weighted by Crippen LogP contribution is -2.39. The summed E-state index contributed by atoms with van der Waals surface area (Å²) in [5.74, 6) is 0.0857. The number of halogens is 2. The Labute approximate surface area is 187 Å². The fourth-order valence-electron chi connectivity index (χ4n) is 4.15. The molecule has 1 atom stereocenters. The van der Waals surface area contributed by atoms with Gasteiger partial charge in [-0.25, -0.2) is 23.6 Å². The van der Waals surface area contributed by atoms with Gasteiger partial charge in [0.2, 0.25) is 5.91 Å². The predicted molar refractivity (Wildman–Crippen MR) is 123 cm³/mol. The summed E-state index contributed by atoms with van der Waals surface area (Å²) in [4.78, 5) is 27.5. The summed E-state index contributed by atoms with van der Waals surface area (Å²) in [5.41, 5.74) is 0.0569. The van der Waals surface area contributed by atoms with E-state index in [0.717, 1.165) is 11.5 Å². The van der Waals surface area contributed by atoms with Gasteiger partial charge in [-0.05, 0) is 22.7 Å². The number of carbonyl (C=O) groups is 2. The van der Waals surface area contributed by atoms with E-state index in [1.807, 2.05) is 18.2 Å². The van der Waals surface area contributed by atoms with E-state index in [1.165, 1.54) is 28.9 Å². The van der Waals surface area contributed by atoms with Crippen LogP contribution in [0.2, 0.25) is 0 Å². The highest BCUT2D eigenvalue weighted by molar-refractivity contribution is 8.33. The largest absolute Gasteiger partial charge is 0.442 e. The molecule has 172 valence electrons. The summed E-state index contributed by atoms with van der Waals surface area (Å²) >= 11 is 0. The number of hydrogen-bond acceptors (Lipinski definition) is 4. The van der Waals surface area contributed by atoms with Gasteiger partial charge in [0.1, 0.15) is 11.8 Å². The zero-order chi connectivity index (χ0) is 22.9. The third-order valence-electron chi connectivity index (χ3n) is 6.02. The number of anilines is 2. The first-order chi connectivity index (χ1) is 15.3. The molecule has 2 aliphatic rings. The number of amides is 2. The summed E-state index contributed by atoms with van der Waals surface area (Å²) in [5, 5.41) is 2.58. The molecule has 2 saturated heterocycles. The molecule has 2 aliphatic heterocycles. The van der Waals surface area contributed by atoms with Crippen molar-refractivity contribution in [1.82, 2.24) is 5.32 Å². The fourth-order valence-corrected chi connectivity index (χ4v) is 6.89. The maximum atomic E-state index is 15.0. The second kappa shape index (κ2) is 8.97. The Balaban J connectivity index is 1.47. The Kier molecular flexibility index (Phi) is 6.28. The van der Waals surface area contributed by atoms with E-state index in [0.29, 0.717) is 13.1 Å². The molecule has 0 bridgehead atoms. The summed E-state index contributed by atoms with van der Waals surface area (Å²) in [6, 6.07) is 12.7. The topological polar surface area (TPSA) is 61.9 Å². The number of carbonyl (C=O) groups excluding carboxylic acids is 2. The molecular formula is C23H27F2N3O3S. The molecule has 2 aromatic rings. The summed E-state index contributed by atoms with van der Waals surface area (Å²) in [6.07, 6.45) is 1.01. The highest BCUT2D eigenvalue weighted by Crippen LogP contribution is 2.54. The molecule has 0 aliphatic carbocycles. The van der Waals surface area contributed by atoms with Crippen LogP contribution in [0.3, 0.4) is 0 Å². The van der Waals surface area contributed by atoms with E-state index < -0.39 is 33.9 Å². The lowest BCUT2D eigenvalue weighted by atomic mass is 10.2. The first-order valence-electron chi connectivity index (χ1n) is 10.5. The monoisotopic (exact) mass is 463 g/mol. The van der Waals surface area contributed by atoms with E-state index in [-0.39, 0.29) is 30.4 Å². The van der Waals surface area contributed by atoms with Crippen LogP contribution in [0, 0.1) is 11.6 Å². The predicted octanol–water partition coefficient (Wildman–Crippen LogP) is 3.74. The van der Waals surface area contributed by atoms with Crippen molar-refractivity contribution in [3.63, 3.8) is 0 Å². The maximum Gasteiger partial charge on any atom is 0.414 e. The first kappa shape index (κ1) is 22.4. The SMILES string of the molecule is CC(=O)NCC1CN(c2cc(F)c(N3CCS(C)(c4ccccc4)CC3)c(F)c2)C(=O)O1. The molecule has 32 heavy (non-hydrogen) atoms. The number of nitrogens with one attached hydrogen (secondary N) is 1. The number of cyclic esters (lactones) is 1. The zero-order valence-electron chi connectivity index (χ0n) is 18.1. The van der Waals surface area contributed by atoms with Crippen LogP contribution in [0.15, 0.2) is 47.4 Å². The van der Waals surface area contributed by atoms with Gasteiger partial charge in [0.25, 0.3) is 0 Å². The van der Waals surface area contributed by atoms with E-state index in [4.69, 9.17) is 4.74 Å². The second-order valence-electron chi connectivity index (χ2n) is 8.29. The van der Waals surface area contributed by atoms with Crippen molar-refractivity contribution >= 4 is 33.4 Å². The molecule has 0 aromatic heterocycles.